The summed E-state index contributed by atoms with van der Waals surface area (Å²) in [7, 11) is 0. The minimum atomic E-state index is -0.231. The molecule has 1 heterocycles. The molecule has 0 aliphatic rings. The summed E-state index contributed by atoms with van der Waals surface area (Å²) in [5.74, 6) is -0.231. The van der Waals surface area contributed by atoms with Crippen LogP contribution in [0.4, 0.5) is 5.69 Å². The molecule has 0 aliphatic heterocycles. The summed E-state index contributed by atoms with van der Waals surface area (Å²) in [5.41, 5.74) is 0.542. The molecule has 1 amide bonds. The average Bonchev–Trinajstić information content (AvgIpc) is 2.62. The molecule has 2 aromatic rings. The minimum absolute atomic E-state index is 0.0897. The minimum Gasteiger partial charge on any atom is -0.324 e. The first kappa shape index (κ1) is 13.1. The smallest absolute Gasteiger partial charge is 0.244 e. The molecule has 1 aromatic heterocycles. The monoisotopic (exact) mass is 301 g/mol. The number of carbonyl (C=O) groups is 1. The SMILES string of the molecule is N=c1sccn1CC(=O)Nc1cc(Cl)cc(Cl)c1. The Morgan fingerprint density at radius 3 is 2.56 bits per heavy atom. The van der Waals surface area contributed by atoms with Crippen molar-refractivity contribution in [1.29, 1.82) is 5.41 Å². The van der Waals surface area contributed by atoms with E-state index in [2.05, 4.69) is 5.32 Å². The van der Waals surface area contributed by atoms with Crippen LogP contribution in [0.2, 0.25) is 10.0 Å². The Morgan fingerprint density at radius 1 is 1.33 bits per heavy atom. The van der Waals surface area contributed by atoms with Crippen molar-refractivity contribution >= 4 is 46.1 Å². The Morgan fingerprint density at radius 2 is 2.00 bits per heavy atom. The molecule has 0 unspecified atom stereocenters. The second-order valence-electron chi connectivity index (χ2n) is 3.54. The number of nitrogens with zero attached hydrogens (tertiary/aromatic N) is 1. The first-order chi connectivity index (χ1) is 8.54. The Kier molecular flexibility index (Phi) is 4.06. The average molecular weight is 302 g/mol. The van der Waals surface area contributed by atoms with Crippen molar-refractivity contribution in [3.63, 3.8) is 0 Å². The van der Waals surface area contributed by atoms with E-state index in [0.29, 0.717) is 20.5 Å². The lowest BCUT2D eigenvalue weighted by atomic mass is 10.3. The number of benzene rings is 1. The highest BCUT2D eigenvalue weighted by molar-refractivity contribution is 7.06. The summed E-state index contributed by atoms with van der Waals surface area (Å²) in [6, 6.07) is 4.82. The molecule has 0 bridgehead atoms. The standard InChI is InChI=1S/C11H9Cl2N3OS/c12-7-3-8(13)5-9(4-7)15-10(17)6-16-1-2-18-11(16)14/h1-5,14H,6H2,(H,15,17). The highest BCUT2D eigenvalue weighted by Gasteiger charge is 2.05. The van der Waals surface area contributed by atoms with Gasteiger partial charge in [-0.3, -0.25) is 10.2 Å². The van der Waals surface area contributed by atoms with Gasteiger partial charge in [0.2, 0.25) is 5.91 Å². The van der Waals surface area contributed by atoms with E-state index in [-0.39, 0.29) is 12.5 Å². The lowest BCUT2D eigenvalue weighted by molar-refractivity contribution is -0.116. The quantitative estimate of drug-likeness (QED) is 0.899. The van der Waals surface area contributed by atoms with Crippen molar-refractivity contribution in [1.82, 2.24) is 4.57 Å². The molecule has 0 spiro atoms. The van der Waals surface area contributed by atoms with E-state index in [1.54, 1.807) is 34.3 Å². The van der Waals surface area contributed by atoms with E-state index < -0.39 is 0 Å². The van der Waals surface area contributed by atoms with Gasteiger partial charge in [0.25, 0.3) is 0 Å². The number of nitrogens with one attached hydrogen (secondary N) is 2. The number of carbonyl (C=O) groups excluding carboxylic acids is 1. The summed E-state index contributed by atoms with van der Waals surface area (Å²) in [5, 5.41) is 12.9. The molecule has 0 saturated carbocycles. The summed E-state index contributed by atoms with van der Waals surface area (Å²) in [6.45, 7) is 0.0897. The molecule has 94 valence electrons. The largest absolute Gasteiger partial charge is 0.324 e. The Hall–Kier alpha value is -1.30. The number of halogens is 2. The molecular weight excluding hydrogens is 293 g/mol. The van der Waals surface area contributed by atoms with Crippen LogP contribution in [0, 0.1) is 5.41 Å². The van der Waals surface area contributed by atoms with Crippen LogP contribution in [0.1, 0.15) is 0 Å². The molecular formula is C11H9Cl2N3OS. The van der Waals surface area contributed by atoms with Gasteiger partial charge in [-0.25, -0.2) is 0 Å². The summed E-state index contributed by atoms with van der Waals surface area (Å²) >= 11 is 12.9. The maximum Gasteiger partial charge on any atom is 0.244 e. The van der Waals surface area contributed by atoms with Gasteiger partial charge in [-0.1, -0.05) is 23.2 Å². The van der Waals surface area contributed by atoms with Crippen LogP contribution in [0.15, 0.2) is 29.8 Å². The molecule has 0 saturated heterocycles. The third-order valence-electron chi connectivity index (χ3n) is 2.14. The Balaban J connectivity index is 2.07. The van der Waals surface area contributed by atoms with E-state index in [0.717, 1.165) is 0 Å². The second-order valence-corrected chi connectivity index (χ2v) is 5.31. The zero-order chi connectivity index (χ0) is 13.1. The van der Waals surface area contributed by atoms with E-state index in [1.165, 1.54) is 11.3 Å². The van der Waals surface area contributed by atoms with E-state index in [9.17, 15) is 4.79 Å². The van der Waals surface area contributed by atoms with Crippen molar-refractivity contribution in [2.24, 2.45) is 0 Å². The number of thiazole rings is 1. The normalized spacial score (nSPS) is 10.3. The van der Waals surface area contributed by atoms with Crippen LogP contribution in [0.5, 0.6) is 0 Å². The Labute approximate surface area is 117 Å². The predicted octanol–water partition coefficient (Wildman–Crippen LogP) is 2.97. The number of rotatable bonds is 3. The molecule has 0 atom stereocenters. The van der Waals surface area contributed by atoms with Gasteiger partial charge in [-0.2, -0.15) is 0 Å². The molecule has 7 heteroatoms. The van der Waals surface area contributed by atoms with Crippen molar-refractivity contribution in [3.8, 4) is 0 Å². The van der Waals surface area contributed by atoms with E-state index >= 15 is 0 Å². The van der Waals surface area contributed by atoms with Crippen LogP contribution < -0.4 is 10.1 Å². The topological polar surface area (TPSA) is 57.9 Å². The number of hydrogen-bond acceptors (Lipinski definition) is 3. The third kappa shape index (κ3) is 3.35. The lowest BCUT2D eigenvalue weighted by Crippen LogP contribution is -2.23. The molecule has 2 rings (SSSR count). The molecule has 0 fully saturated rings. The van der Waals surface area contributed by atoms with Gasteiger partial charge in [0, 0.05) is 27.3 Å². The van der Waals surface area contributed by atoms with E-state index in [1.807, 2.05) is 0 Å². The fourth-order valence-corrected chi connectivity index (χ4v) is 2.53. The van der Waals surface area contributed by atoms with Crippen molar-refractivity contribution in [2.75, 3.05) is 5.32 Å². The maximum absolute atomic E-state index is 11.8. The van der Waals surface area contributed by atoms with Gasteiger partial charge in [-0.15, -0.1) is 11.3 Å². The highest BCUT2D eigenvalue weighted by atomic mass is 35.5. The molecule has 18 heavy (non-hydrogen) atoms. The van der Waals surface area contributed by atoms with Gasteiger partial charge < -0.3 is 9.88 Å². The molecule has 4 nitrogen and oxygen atoms in total. The fraction of sp³-hybridized carbons (Fsp3) is 0.0909. The van der Waals surface area contributed by atoms with Gasteiger partial charge >= 0.3 is 0 Å². The zero-order valence-corrected chi connectivity index (χ0v) is 11.4. The molecule has 0 aliphatic carbocycles. The predicted molar refractivity (Wildman–Crippen MR) is 73.3 cm³/mol. The van der Waals surface area contributed by atoms with Gasteiger partial charge in [0.15, 0.2) is 4.80 Å². The second kappa shape index (κ2) is 5.56. The van der Waals surface area contributed by atoms with E-state index in [4.69, 9.17) is 28.6 Å². The van der Waals surface area contributed by atoms with Gasteiger partial charge in [-0.05, 0) is 18.2 Å². The molecule has 1 aromatic carbocycles. The first-order valence-electron chi connectivity index (χ1n) is 4.99. The van der Waals surface area contributed by atoms with Gasteiger partial charge in [0.1, 0.15) is 6.54 Å². The van der Waals surface area contributed by atoms with Crippen LogP contribution in [0.3, 0.4) is 0 Å². The zero-order valence-electron chi connectivity index (χ0n) is 9.11. The van der Waals surface area contributed by atoms with Crippen molar-refractivity contribution < 1.29 is 4.79 Å². The summed E-state index contributed by atoms with van der Waals surface area (Å²) in [4.78, 5) is 12.1. The summed E-state index contributed by atoms with van der Waals surface area (Å²) in [6.07, 6.45) is 1.69. The third-order valence-corrected chi connectivity index (χ3v) is 3.29. The van der Waals surface area contributed by atoms with Crippen LogP contribution in [0.25, 0.3) is 0 Å². The number of amides is 1. The highest BCUT2D eigenvalue weighted by Crippen LogP contribution is 2.22. The first-order valence-corrected chi connectivity index (χ1v) is 6.62. The van der Waals surface area contributed by atoms with Crippen LogP contribution >= 0.6 is 34.5 Å². The maximum atomic E-state index is 11.8. The summed E-state index contributed by atoms with van der Waals surface area (Å²) < 4.78 is 1.55. The lowest BCUT2D eigenvalue weighted by Gasteiger charge is -2.06. The molecule has 0 radical (unpaired) electrons. The Bertz CT molecular complexity index is 615. The van der Waals surface area contributed by atoms with Crippen LogP contribution in [-0.4, -0.2) is 10.5 Å². The van der Waals surface area contributed by atoms with Gasteiger partial charge in [0.05, 0.1) is 0 Å². The van der Waals surface area contributed by atoms with Crippen LogP contribution in [-0.2, 0) is 11.3 Å². The fourth-order valence-electron chi connectivity index (χ4n) is 1.41. The van der Waals surface area contributed by atoms with Crippen molar-refractivity contribution in [3.05, 3.63) is 44.6 Å². The number of aromatic nitrogens is 1. The van der Waals surface area contributed by atoms with Crippen molar-refractivity contribution in [2.45, 2.75) is 6.54 Å². The number of anilines is 1. The number of hydrogen-bond donors (Lipinski definition) is 2. The molecule has 2 N–H and O–H groups in total.